The molecular weight excluding hydrogens is 420 g/mol. The summed E-state index contributed by atoms with van der Waals surface area (Å²) in [5.41, 5.74) is 1.97. The predicted molar refractivity (Wildman–Crippen MR) is 125 cm³/mol. The largest absolute Gasteiger partial charge is 0.355 e. The second kappa shape index (κ2) is 9.86. The first kappa shape index (κ1) is 21.9. The highest BCUT2D eigenvalue weighted by atomic mass is 16.6. The molecule has 166 valence electrons. The fourth-order valence-corrected chi connectivity index (χ4v) is 3.84. The van der Waals surface area contributed by atoms with Crippen LogP contribution in [0.3, 0.4) is 0 Å². The van der Waals surface area contributed by atoms with Gasteiger partial charge in [0.05, 0.1) is 22.2 Å². The molecule has 0 aliphatic rings. The second-order valence-electron chi connectivity index (χ2n) is 7.65. The molecule has 3 aromatic carbocycles. The number of amides is 1. The lowest BCUT2D eigenvalue weighted by molar-refractivity contribution is -0.384. The first-order valence-electron chi connectivity index (χ1n) is 10.5. The van der Waals surface area contributed by atoms with Crippen molar-refractivity contribution in [2.24, 2.45) is 0 Å². The molecule has 0 saturated carbocycles. The standard InChI is InChI=1S/C25H22N4O4/c30-24(16-28-17-27-23-12-11-20(29(32)33)15-22(23)25(28)31)26-14-13-21(18-7-3-1-4-8-18)19-9-5-2-6-10-19/h1-12,15,17,21H,13-14,16H2,(H,26,30). The van der Waals surface area contributed by atoms with E-state index in [1.165, 1.54) is 24.5 Å². The van der Waals surface area contributed by atoms with E-state index in [9.17, 15) is 19.7 Å². The summed E-state index contributed by atoms with van der Waals surface area (Å²) in [6, 6.07) is 24.1. The van der Waals surface area contributed by atoms with Gasteiger partial charge in [-0.15, -0.1) is 0 Å². The Labute approximate surface area is 189 Å². The number of hydrogen-bond donors (Lipinski definition) is 1. The minimum absolute atomic E-state index is 0.104. The van der Waals surface area contributed by atoms with Crippen LogP contribution in [0.15, 0.2) is 90.0 Å². The van der Waals surface area contributed by atoms with Gasteiger partial charge in [0.2, 0.25) is 5.91 Å². The molecule has 0 saturated heterocycles. The molecule has 0 fully saturated rings. The molecule has 0 aliphatic heterocycles. The average molecular weight is 442 g/mol. The Kier molecular flexibility index (Phi) is 6.54. The zero-order chi connectivity index (χ0) is 23.2. The number of carbonyl (C=O) groups is 1. The van der Waals surface area contributed by atoms with Crippen molar-refractivity contribution in [2.75, 3.05) is 6.54 Å². The van der Waals surface area contributed by atoms with Crippen LogP contribution in [-0.2, 0) is 11.3 Å². The van der Waals surface area contributed by atoms with Gasteiger partial charge in [0.25, 0.3) is 11.2 Å². The summed E-state index contributed by atoms with van der Waals surface area (Å²) in [5.74, 6) is -0.207. The van der Waals surface area contributed by atoms with Crippen LogP contribution < -0.4 is 10.9 Å². The molecule has 8 nitrogen and oxygen atoms in total. The van der Waals surface area contributed by atoms with Crippen LogP contribution in [0, 0.1) is 10.1 Å². The summed E-state index contributed by atoms with van der Waals surface area (Å²) in [4.78, 5) is 39.8. The fourth-order valence-electron chi connectivity index (χ4n) is 3.84. The normalized spacial score (nSPS) is 10.9. The Morgan fingerprint density at radius 3 is 2.24 bits per heavy atom. The highest BCUT2D eigenvalue weighted by molar-refractivity contribution is 5.80. The lowest BCUT2D eigenvalue weighted by atomic mass is 9.88. The molecule has 33 heavy (non-hydrogen) atoms. The number of rotatable bonds is 8. The van der Waals surface area contributed by atoms with E-state index in [0.29, 0.717) is 18.5 Å². The molecule has 4 aromatic rings. The molecule has 0 aliphatic carbocycles. The van der Waals surface area contributed by atoms with E-state index in [-0.39, 0.29) is 29.4 Å². The van der Waals surface area contributed by atoms with E-state index in [2.05, 4.69) is 34.6 Å². The molecule has 1 N–H and O–H groups in total. The Hall–Kier alpha value is -4.33. The van der Waals surface area contributed by atoms with Gasteiger partial charge in [-0.25, -0.2) is 4.98 Å². The van der Waals surface area contributed by atoms with E-state index in [1.54, 1.807) is 0 Å². The van der Waals surface area contributed by atoms with Crippen molar-refractivity contribution in [1.29, 1.82) is 0 Å². The number of fused-ring (bicyclic) bond motifs is 1. The molecule has 0 spiro atoms. The van der Waals surface area contributed by atoms with Crippen molar-refractivity contribution in [1.82, 2.24) is 14.9 Å². The van der Waals surface area contributed by atoms with Gasteiger partial charge in [-0.3, -0.25) is 24.3 Å². The van der Waals surface area contributed by atoms with Crippen LogP contribution in [0.25, 0.3) is 10.9 Å². The van der Waals surface area contributed by atoms with Crippen molar-refractivity contribution in [2.45, 2.75) is 18.9 Å². The van der Waals surface area contributed by atoms with Gasteiger partial charge in [0, 0.05) is 24.6 Å². The molecule has 1 amide bonds. The van der Waals surface area contributed by atoms with Crippen LogP contribution in [0.5, 0.6) is 0 Å². The molecule has 1 aromatic heterocycles. The lowest BCUT2D eigenvalue weighted by Gasteiger charge is -2.18. The van der Waals surface area contributed by atoms with Crippen molar-refractivity contribution in [3.8, 4) is 0 Å². The number of benzene rings is 3. The number of non-ortho nitro benzene ring substituents is 1. The topological polar surface area (TPSA) is 107 Å². The van der Waals surface area contributed by atoms with Crippen molar-refractivity contribution in [3.63, 3.8) is 0 Å². The summed E-state index contributed by atoms with van der Waals surface area (Å²) < 4.78 is 1.16. The number of hydrogen-bond acceptors (Lipinski definition) is 5. The van der Waals surface area contributed by atoms with E-state index < -0.39 is 10.5 Å². The van der Waals surface area contributed by atoms with Crippen LogP contribution in [-0.4, -0.2) is 26.9 Å². The third-order valence-electron chi connectivity index (χ3n) is 5.49. The molecule has 4 rings (SSSR count). The van der Waals surface area contributed by atoms with Crippen molar-refractivity contribution >= 4 is 22.5 Å². The predicted octanol–water partition coefficient (Wildman–Crippen LogP) is 3.64. The fraction of sp³-hybridized carbons (Fsp3) is 0.160. The molecule has 0 radical (unpaired) electrons. The van der Waals surface area contributed by atoms with Gasteiger partial charge in [0.15, 0.2) is 0 Å². The molecule has 0 unspecified atom stereocenters. The summed E-state index contributed by atoms with van der Waals surface area (Å²) in [5, 5.41) is 14.0. The minimum Gasteiger partial charge on any atom is -0.355 e. The molecule has 0 atom stereocenters. The van der Waals surface area contributed by atoms with E-state index in [4.69, 9.17) is 0 Å². The van der Waals surface area contributed by atoms with Crippen molar-refractivity contribution in [3.05, 3.63) is 117 Å². The maximum absolute atomic E-state index is 12.7. The SMILES string of the molecule is O=C(Cn1cnc2ccc([N+](=O)[O-])cc2c1=O)NCCC(c1ccccc1)c1ccccc1. The summed E-state index contributed by atoms with van der Waals surface area (Å²) in [7, 11) is 0. The Morgan fingerprint density at radius 2 is 1.64 bits per heavy atom. The van der Waals surface area contributed by atoms with Gasteiger partial charge in [-0.2, -0.15) is 0 Å². The van der Waals surface area contributed by atoms with Crippen LogP contribution in [0.1, 0.15) is 23.5 Å². The Morgan fingerprint density at radius 1 is 1.00 bits per heavy atom. The third-order valence-corrected chi connectivity index (χ3v) is 5.49. The van der Waals surface area contributed by atoms with Gasteiger partial charge < -0.3 is 5.32 Å². The summed E-state index contributed by atoms with van der Waals surface area (Å²) in [6.45, 7) is 0.209. The van der Waals surface area contributed by atoms with Gasteiger partial charge in [-0.05, 0) is 23.6 Å². The first-order chi connectivity index (χ1) is 16.0. The maximum Gasteiger partial charge on any atom is 0.270 e. The highest BCUT2D eigenvalue weighted by Crippen LogP contribution is 2.27. The Bertz CT molecular complexity index is 1300. The molecule has 1 heterocycles. The minimum atomic E-state index is -0.571. The molecule has 0 bridgehead atoms. The number of nitro benzene ring substituents is 1. The van der Waals surface area contributed by atoms with E-state index in [0.717, 1.165) is 15.7 Å². The monoisotopic (exact) mass is 442 g/mol. The molecule has 8 heteroatoms. The number of aromatic nitrogens is 2. The quantitative estimate of drug-likeness (QED) is 0.331. The van der Waals surface area contributed by atoms with E-state index in [1.807, 2.05) is 36.4 Å². The first-order valence-corrected chi connectivity index (χ1v) is 10.5. The maximum atomic E-state index is 12.7. The second-order valence-corrected chi connectivity index (χ2v) is 7.65. The van der Waals surface area contributed by atoms with Crippen molar-refractivity contribution < 1.29 is 9.72 Å². The van der Waals surface area contributed by atoms with Gasteiger partial charge in [0.1, 0.15) is 6.54 Å². The number of nitrogens with zero attached hydrogens (tertiary/aromatic N) is 3. The number of nitro groups is 1. The van der Waals surface area contributed by atoms with Crippen LogP contribution in [0.4, 0.5) is 5.69 Å². The summed E-state index contributed by atoms with van der Waals surface area (Å²) >= 11 is 0. The van der Waals surface area contributed by atoms with Gasteiger partial charge >= 0.3 is 0 Å². The highest BCUT2D eigenvalue weighted by Gasteiger charge is 2.15. The number of nitrogens with one attached hydrogen (secondary N) is 1. The third kappa shape index (κ3) is 5.12. The zero-order valence-electron chi connectivity index (χ0n) is 17.8. The van der Waals surface area contributed by atoms with Crippen LogP contribution in [0.2, 0.25) is 0 Å². The lowest BCUT2D eigenvalue weighted by Crippen LogP contribution is -2.33. The zero-order valence-corrected chi connectivity index (χ0v) is 17.8. The van der Waals surface area contributed by atoms with Crippen LogP contribution >= 0.6 is 0 Å². The smallest absolute Gasteiger partial charge is 0.270 e. The van der Waals surface area contributed by atoms with E-state index >= 15 is 0 Å². The molecular formula is C25H22N4O4. The summed E-state index contributed by atoms with van der Waals surface area (Å²) in [6.07, 6.45) is 1.98. The number of carbonyl (C=O) groups excluding carboxylic acids is 1. The van der Waals surface area contributed by atoms with Gasteiger partial charge in [-0.1, -0.05) is 60.7 Å². The average Bonchev–Trinajstić information content (AvgIpc) is 2.84. The Balaban J connectivity index is 1.44.